The number of hydrogen-bond acceptors (Lipinski definition) is 2. The molecule has 0 saturated heterocycles. The molecule has 5 heteroatoms. The molecule has 0 heterocycles. The maximum Gasteiger partial charge on any atom is 0.307 e. The van der Waals surface area contributed by atoms with E-state index >= 15 is 0 Å². The maximum atomic E-state index is 13.4. The Hall–Kier alpha value is -1.33. The number of benzene rings is 2. The van der Waals surface area contributed by atoms with Crippen molar-refractivity contribution in [2.75, 3.05) is 0 Å². The molecule has 0 aliphatic carbocycles. The Morgan fingerprint density at radius 1 is 1.16 bits per heavy atom. The van der Waals surface area contributed by atoms with E-state index in [-0.39, 0.29) is 12.2 Å². The first kappa shape index (κ1) is 14.1. The summed E-state index contributed by atoms with van der Waals surface area (Å²) in [7, 11) is 0. The number of halogens is 2. The number of carboxylic acid groups (broad SMARTS) is 1. The Labute approximate surface area is 122 Å². The number of carboxylic acids is 1. The monoisotopic (exact) mass is 340 g/mol. The minimum Gasteiger partial charge on any atom is -0.481 e. The van der Waals surface area contributed by atoms with Gasteiger partial charge in [-0.15, -0.1) is 0 Å². The van der Waals surface area contributed by atoms with E-state index < -0.39 is 5.97 Å². The van der Waals surface area contributed by atoms with Crippen molar-refractivity contribution in [2.24, 2.45) is 0 Å². The highest BCUT2D eigenvalue weighted by molar-refractivity contribution is 9.10. The first-order valence-electron chi connectivity index (χ1n) is 5.48. The standard InChI is InChI=1S/C14H10BrFO2S/c15-12-6-5-11(8-13(12)16)19-10-3-1-9(2-4-10)7-14(17)18/h1-6,8H,7H2,(H,17,18). The maximum absolute atomic E-state index is 13.4. The second-order valence-corrected chi connectivity index (χ2v) is 5.89. The summed E-state index contributed by atoms with van der Waals surface area (Å²) in [5, 5.41) is 8.68. The summed E-state index contributed by atoms with van der Waals surface area (Å²) in [5.74, 6) is -1.15. The zero-order valence-corrected chi connectivity index (χ0v) is 12.2. The van der Waals surface area contributed by atoms with Crippen LogP contribution in [0.25, 0.3) is 0 Å². The van der Waals surface area contributed by atoms with E-state index in [2.05, 4.69) is 15.9 Å². The molecule has 0 bridgehead atoms. The minimum atomic E-state index is -0.851. The van der Waals surface area contributed by atoms with Gasteiger partial charge in [0.15, 0.2) is 0 Å². The average molecular weight is 341 g/mol. The molecule has 2 rings (SSSR count). The highest BCUT2D eigenvalue weighted by Crippen LogP contribution is 2.30. The van der Waals surface area contributed by atoms with Gasteiger partial charge in [-0.3, -0.25) is 4.79 Å². The van der Waals surface area contributed by atoms with Gasteiger partial charge in [-0.2, -0.15) is 0 Å². The van der Waals surface area contributed by atoms with E-state index in [0.717, 1.165) is 15.4 Å². The molecule has 2 nitrogen and oxygen atoms in total. The van der Waals surface area contributed by atoms with Crippen LogP contribution in [-0.4, -0.2) is 11.1 Å². The first-order valence-corrected chi connectivity index (χ1v) is 7.09. The normalized spacial score (nSPS) is 10.4. The van der Waals surface area contributed by atoms with Crippen molar-refractivity contribution >= 4 is 33.7 Å². The van der Waals surface area contributed by atoms with Gasteiger partial charge in [0.2, 0.25) is 0 Å². The number of aliphatic carboxylic acids is 1. The lowest BCUT2D eigenvalue weighted by molar-refractivity contribution is -0.136. The van der Waals surface area contributed by atoms with Crippen LogP contribution in [0.4, 0.5) is 4.39 Å². The van der Waals surface area contributed by atoms with E-state index in [9.17, 15) is 9.18 Å². The molecule has 0 aliphatic rings. The summed E-state index contributed by atoms with van der Waals surface area (Å²) < 4.78 is 13.8. The number of carbonyl (C=O) groups is 1. The summed E-state index contributed by atoms with van der Waals surface area (Å²) >= 11 is 4.54. The average Bonchev–Trinajstić information content (AvgIpc) is 2.36. The highest BCUT2D eigenvalue weighted by atomic mass is 79.9. The van der Waals surface area contributed by atoms with E-state index in [1.165, 1.54) is 17.8 Å². The van der Waals surface area contributed by atoms with Crippen LogP contribution in [0.2, 0.25) is 0 Å². The zero-order chi connectivity index (χ0) is 13.8. The lowest BCUT2D eigenvalue weighted by atomic mass is 10.2. The fourth-order valence-electron chi connectivity index (χ4n) is 1.53. The first-order chi connectivity index (χ1) is 9.04. The summed E-state index contributed by atoms with van der Waals surface area (Å²) in [6.45, 7) is 0. The zero-order valence-electron chi connectivity index (χ0n) is 9.77. The molecule has 0 amide bonds. The molecule has 0 aliphatic heterocycles. The van der Waals surface area contributed by atoms with Crippen LogP contribution in [0.5, 0.6) is 0 Å². The predicted octanol–water partition coefficient (Wildman–Crippen LogP) is 4.37. The molecule has 0 spiro atoms. The lowest BCUT2D eigenvalue weighted by Crippen LogP contribution is -1.99. The second-order valence-electron chi connectivity index (χ2n) is 3.89. The van der Waals surface area contributed by atoms with Gasteiger partial charge in [-0.25, -0.2) is 4.39 Å². The molecule has 0 unspecified atom stereocenters. The van der Waals surface area contributed by atoms with E-state index in [1.54, 1.807) is 18.2 Å². The van der Waals surface area contributed by atoms with Gasteiger partial charge in [-0.05, 0) is 51.8 Å². The van der Waals surface area contributed by atoms with Gasteiger partial charge in [-0.1, -0.05) is 23.9 Å². The molecule has 0 saturated carbocycles. The fourth-order valence-corrected chi connectivity index (χ4v) is 2.62. The van der Waals surface area contributed by atoms with Crippen LogP contribution in [-0.2, 0) is 11.2 Å². The molecule has 0 radical (unpaired) electrons. The van der Waals surface area contributed by atoms with Crippen molar-refractivity contribution < 1.29 is 14.3 Å². The summed E-state index contributed by atoms with van der Waals surface area (Å²) in [6, 6.07) is 12.2. The van der Waals surface area contributed by atoms with E-state index in [4.69, 9.17) is 5.11 Å². The predicted molar refractivity (Wildman–Crippen MR) is 76.0 cm³/mol. The van der Waals surface area contributed by atoms with Crippen molar-refractivity contribution in [3.63, 3.8) is 0 Å². The third-order valence-corrected chi connectivity index (χ3v) is 4.05. The van der Waals surface area contributed by atoms with Crippen molar-refractivity contribution in [3.8, 4) is 0 Å². The highest BCUT2D eigenvalue weighted by Gasteiger charge is 2.04. The van der Waals surface area contributed by atoms with Gasteiger partial charge in [0, 0.05) is 9.79 Å². The van der Waals surface area contributed by atoms with Gasteiger partial charge < -0.3 is 5.11 Å². The Morgan fingerprint density at radius 2 is 1.79 bits per heavy atom. The quantitative estimate of drug-likeness (QED) is 0.897. The van der Waals surface area contributed by atoms with Crippen molar-refractivity contribution in [1.29, 1.82) is 0 Å². The minimum absolute atomic E-state index is 0.0118. The molecule has 0 fully saturated rings. The third kappa shape index (κ3) is 4.08. The van der Waals surface area contributed by atoms with Gasteiger partial charge in [0.05, 0.1) is 10.9 Å². The third-order valence-electron chi connectivity index (χ3n) is 2.41. The molecular formula is C14H10BrFO2S. The summed E-state index contributed by atoms with van der Waals surface area (Å²) in [4.78, 5) is 12.3. The number of rotatable bonds is 4. The Kier molecular flexibility index (Phi) is 4.61. The lowest BCUT2D eigenvalue weighted by Gasteiger charge is -2.04. The SMILES string of the molecule is O=C(O)Cc1ccc(Sc2ccc(Br)c(F)c2)cc1. The van der Waals surface area contributed by atoms with Gasteiger partial charge in [0.25, 0.3) is 0 Å². The van der Waals surface area contributed by atoms with Crippen LogP contribution in [0.3, 0.4) is 0 Å². The largest absolute Gasteiger partial charge is 0.481 e. The van der Waals surface area contributed by atoms with Crippen LogP contribution < -0.4 is 0 Å². The number of hydrogen-bond donors (Lipinski definition) is 1. The van der Waals surface area contributed by atoms with Gasteiger partial charge >= 0.3 is 5.97 Å². The van der Waals surface area contributed by atoms with Crippen LogP contribution in [0.1, 0.15) is 5.56 Å². The molecule has 0 aromatic heterocycles. The van der Waals surface area contributed by atoms with Crippen molar-refractivity contribution in [2.45, 2.75) is 16.2 Å². The van der Waals surface area contributed by atoms with Crippen LogP contribution in [0.15, 0.2) is 56.7 Å². The summed E-state index contributed by atoms with van der Waals surface area (Å²) in [5.41, 5.74) is 0.749. The summed E-state index contributed by atoms with van der Waals surface area (Å²) in [6.07, 6.45) is 0.0118. The van der Waals surface area contributed by atoms with E-state index in [0.29, 0.717) is 4.47 Å². The fraction of sp³-hybridized carbons (Fsp3) is 0.0714. The van der Waals surface area contributed by atoms with Crippen LogP contribution >= 0.6 is 27.7 Å². The molecule has 2 aromatic rings. The molecule has 19 heavy (non-hydrogen) atoms. The van der Waals surface area contributed by atoms with E-state index in [1.807, 2.05) is 18.2 Å². The smallest absolute Gasteiger partial charge is 0.307 e. The molecular weight excluding hydrogens is 331 g/mol. The Morgan fingerprint density at radius 3 is 2.37 bits per heavy atom. The van der Waals surface area contributed by atoms with Crippen molar-refractivity contribution in [3.05, 3.63) is 58.3 Å². The molecule has 1 N–H and O–H groups in total. The van der Waals surface area contributed by atoms with Crippen molar-refractivity contribution in [1.82, 2.24) is 0 Å². The second kappa shape index (κ2) is 6.21. The Bertz CT molecular complexity index is 599. The Balaban J connectivity index is 2.10. The van der Waals surface area contributed by atoms with Crippen LogP contribution in [0, 0.1) is 5.82 Å². The van der Waals surface area contributed by atoms with Gasteiger partial charge in [0.1, 0.15) is 5.82 Å². The topological polar surface area (TPSA) is 37.3 Å². The molecule has 0 atom stereocenters. The molecule has 2 aromatic carbocycles. The molecule has 98 valence electrons.